The number of benzene rings is 1. The van der Waals surface area contributed by atoms with Gasteiger partial charge < -0.3 is 19.4 Å². The summed E-state index contributed by atoms with van der Waals surface area (Å²) < 4.78 is 26.5. The highest BCUT2D eigenvalue weighted by Gasteiger charge is 2.48. The minimum atomic E-state index is -0.697. The van der Waals surface area contributed by atoms with E-state index in [-0.39, 0.29) is 6.01 Å². The molecule has 1 spiro atoms. The first kappa shape index (κ1) is 24.3. The number of anilines is 2. The molecule has 38 heavy (non-hydrogen) atoms. The van der Waals surface area contributed by atoms with E-state index in [1.165, 1.54) is 29.9 Å². The van der Waals surface area contributed by atoms with Gasteiger partial charge in [-0.25, -0.2) is 19.2 Å². The van der Waals surface area contributed by atoms with Crippen molar-refractivity contribution in [2.24, 2.45) is 5.41 Å². The van der Waals surface area contributed by atoms with Crippen LogP contribution >= 0.6 is 0 Å². The Kier molecular flexibility index (Phi) is 5.44. The molecular formula is C27H30FN7O3. The molecule has 1 saturated heterocycles. The smallest absolute Gasteiger partial charge is 0.414 e. The maximum absolute atomic E-state index is 15.0. The number of H-pyrrole nitrogens is 1. The van der Waals surface area contributed by atoms with E-state index in [9.17, 15) is 4.79 Å². The van der Waals surface area contributed by atoms with Gasteiger partial charge in [-0.1, -0.05) is 0 Å². The molecule has 11 heteroatoms. The number of carbonyl (C=O) groups is 1. The Labute approximate surface area is 219 Å². The molecule has 1 saturated carbocycles. The molecular weight excluding hydrogens is 489 g/mol. The van der Waals surface area contributed by atoms with Gasteiger partial charge in [0.15, 0.2) is 5.75 Å². The molecule has 0 atom stereocenters. The van der Waals surface area contributed by atoms with Crippen LogP contribution in [0.25, 0.3) is 21.9 Å². The quantitative estimate of drug-likeness (QED) is 0.376. The molecule has 1 N–H and O–H groups in total. The summed E-state index contributed by atoms with van der Waals surface area (Å²) in [6, 6.07) is 2.89. The Morgan fingerprint density at radius 3 is 2.55 bits per heavy atom. The van der Waals surface area contributed by atoms with Gasteiger partial charge in [-0.05, 0) is 64.5 Å². The first-order chi connectivity index (χ1) is 18.0. The number of nitrogens with one attached hydrogen (secondary N) is 1. The van der Waals surface area contributed by atoms with Crippen LogP contribution in [-0.4, -0.2) is 56.8 Å². The van der Waals surface area contributed by atoms with Crippen molar-refractivity contribution in [3.63, 3.8) is 0 Å². The van der Waals surface area contributed by atoms with Gasteiger partial charge in [-0.15, -0.1) is 0 Å². The third kappa shape index (κ3) is 4.46. The minimum absolute atomic E-state index is 0.130. The molecule has 0 bridgehead atoms. The van der Waals surface area contributed by atoms with E-state index in [1.807, 2.05) is 0 Å². The van der Waals surface area contributed by atoms with Crippen molar-refractivity contribution in [3.8, 4) is 11.8 Å². The number of fused-ring (bicyclic) bond motifs is 3. The van der Waals surface area contributed by atoms with Crippen LogP contribution in [0.4, 0.5) is 20.7 Å². The van der Waals surface area contributed by atoms with Crippen molar-refractivity contribution in [3.05, 3.63) is 36.2 Å². The molecule has 10 nitrogen and oxygen atoms in total. The number of aromatic nitrogens is 5. The van der Waals surface area contributed by atoms with E-state index in [2.05, 4.69) is 24.8 Å². The largest absolute Gasteiger partial charge is 0.443 e. The zero-order chi connectivity index (χ0) is 26.8. The molecule has 1 aliphatic heterocycles. The number of ether oxygens (including phenoxy) is 2. The third-order valence-electron chi connectivity index (χ3n) is 7.15. The topological polar surface area (TPSA) is 109 Å². The number of aryl methyl sites for hydroxylation is 1. The third-order valence-corrected chi connectivity index (χ3v) is 7.15. The molecule has 1 aliphatic carbocycles. The predicted octanol–water partition coefficient (Wildman–Crippen LogP) is 5.50. The van der Waals surface area contributed by atoms with E-state index in [4.69, 9.17) is 14.5 Å². The molecule has 198 valence electrons. The van der Waals surface area contributed by atoms with Gasteiger partial charge in [0.05, 0.1) is 29.0 Å². The lowest BCUT2D eigenvalue weighted by Gasteiger charge is -2.25. The number of hydrogen-bond donors (Lipinski definition) is 1. The van der Waals surface area contributed by atoms with Crippen LogP contribution < -0.4 is 14.5 Å². The highest BCUT2D eigenvalue weighted by molar-refractivity contribution is 6.16. The van der Waals surface area contributed by atoms with Gasteiger partial charge >= 0.3 is 12.1 Å². The highest BCUT2D eigenvalue weighted by atomic mass is 19.1. The summed E-state index contributed by atoms with van der Waals surface area (Å²) >= 11 is 0. The zero-order valence-corrected chi connectivity index (χ0v) is 22.1. The van der Waals surface area contributed by atoms with Gasteiger partial charge in [0, 0.05) is 25.5 Å². The summed E-state index contributed by atoms with van der Waals surface area (Å²) in [4.78, 5) is 37.5. The fourth-order valence-electron chi connectivity index (χ4n) is 5.01. The van der Waals surface area contributed by atoms with Crippen molar-refractivity contribution in [2.75, 3.05) is 29.9 Å². The van der Waals surface area contributed by atoms with Gasteiger partial charge in [0.2, 0.25) is 0 Å². The maximum atomic E-state index is 15.0. The molecule has 3 aromatic heterocycles. The number of rotatable bonds is 4. The van der Waals surface area contributed by atoms with Crippen molar-refractivity contribution in [1.29, 1.82) is 0 Å². The molecule has 2 fully saturated rings. The number of aromatic amines is 1. The Bertz CT molecular complexity index is 1560. The lowest BCUT2D eigenvalue weighted by molar-refractivity contribution is 0.0589. The van der Waals surface area contributed by atoms with Gasteiger partial charge in [0.25, 0.3) is 0 Å². The predicted molar refractivity (Wildman–Crippen MR) is 141 cm³/mol. The molecule has 6 rings (SSSR count). The summed E-state index contributed by atoms with van der Waals surface area (Å²) in [6.45, 7) is 8.86. The second-order valence-corrected chi connectivity index (χ2v) is 11.3. The molecule has 1 aromatic carbocycles. The van der Waals surface area contributed by atoms with Crippen molar-refractivity contribution >= 4 is 39.5 Å². The first-order valence-electron chi connectivity index (χ1n) is 12.7. The summed E-state index contributed by atoms with van der Waals surface area (Å²) in [5.41, 5.74) is 1.02. The van der Waals surface area contributed by atoms with E-state index in [0.717, 1.165) is 19.5 Å². The minimum Gasteiger partial charge on any atom is -0.443 e. The lowest BCUT2D eigenvalue weighted by Crippen LogP contribution is -2.34. The number of nitrogens with zero attached hydrogens (tertiary/aromatic N) is 6. The summed E-state index contributed by atoms with van der Waals surface area (Å²) in [6.07, 6.45) is 6.04. The summed E-state index contributed by atoms with van der Waals surface area (Å²) in [5.74, 6) is 1.23. The van der Waals surface area contributed by atoms with E-state index >= 15 is 4.39 Å². The van der Waals surface area contributed by atoms with Crippen LogP contribution in [0.15, 0.2) is 24.5 Å². The average Bonchev–Trinajstić information content (AvgIpc) is 3.31. The fourth-order valence-corrected chi connectivity index (χ4v) is 5.01. The van der Waals surface area contributed by atoms with Crippen LogP contribution in [0.5, 0.6) is 11.8 Å². The lowest BCUT2D eigenvalue weighted by atomic mass is 10.1. The van der Waals surface area contributed by atoms with E-state index in [0.29, 0.717) is 50.4 Å². The maximum Gasteiger partial charge on any atom is 0.414 e. The number of hydrogen-bond acceptors (Lipinski definition) is 8. The van der Waals surface area contributed by atoms with Crippen LogP contribution in [0.3, 0.4) is 0 Å². The Morgan fingerprint density at radius 2 is 1.89 bits per heavy atom. The van der Waals surface area contributed by atoms with Crippen molar-refractivity contribution in [1.82, 2.24) is 24.9 Å². The Hall–Kier alpha value is -4.02. The monoisotopic (exact) mass is 519 g/mol. The van der Waals surface area contributed by atoms with E-state index in [1.54, 1.807) is 47.1 Å². The molecule has 2 aliphatic rings. The summed E-state index contributed by atoms with van der Waals surface area (Å²) in [7, 11) is 1.56. The van der Waals surface area contributed by atoms with Crippen LogP contribution in [0, 0.1) is 18.2 Å². The molecule has 1 amide bonds. The first-order valence-corrected chi connectivity index (χ1v) is 12.7. The number of halogens is 1. The zero-order valence-electron chi connectivity index (χ0n) is 22.1. The molecule has 0 radical (unpaired) electrons. The normalized spacial score (nSPS) is 16.4. The molecule has 0 unspecified atom stereocenters. The van der Waals surface area contributed by atoms with Gasteiger partial charge in [-0.3, -0.25) is 4.90 Å². The molecule has 4 aromatic rings. The van der Waals surface area contributed by atoms with E-state index < -0.39 is 17.5 Å². The Balaban J connectivity index is 1.50. The SMILES string of the molecule is Cc1ncc(Oc2nc(N3CCC4(CC4)C3)c3c(n2)[nH]c2c(N(C)C(=O)OC(C)(C)C)cc(F)cc23)cn1. The van der Waals surface area contributed by atoms with Crippen LogP contribution in [0.2, 0.25) is 0 Å². The van der Waals surface area contributed by atoms with Crippen LogP contribution in [0.1, 0.15) is 45.9 Å². The Morgan fingerprint density at radius 1 is 1.16 bits per heavy atom. The fraction of sp³-hybridized carbons (Fsp3) is 0.444. The van der Waals surface area contributed by atoms with Crippen LogP contribution in [-0.2, 0) is 4.74 Å². The van der Waals surface area contributed by atoms with Gasteiger partial charge in [-0.2, -0.15) is 9.97 Å². The molecule has 4 heterocycles. The summed E-state index contributed by atoms with van der Waals surface area (Å²) in [5, 5.41) is 1.27. The van der Waals surface area contributed by atoms with Crippen molar-refractivity contribution < 1.29 is 18.7 Å². The van der Waals surface area contributed by atoms with Gasteiger partial charge in [0.1, 0.15) is 28.7 Å². The second kappa shape index (κ2) is 8.50. The average molecular weight is 520 g/mol. The van der Waals surface area contributed by atoms with Crippen molar-refractivity contribution in [2.45, 2.75) is 52.6 Å². The second-order valence-electron chi connectivity index (χ2n) is 11.3. The standard InChI is InChI=1S/C27H30FN7O3/c1-15-29-12-17(13-30-15)37-24-32-22-20(23(33-24)35-9-8-27(14-35)6-7-27)18-10-16(28)11-19(21(18)31-22)34(5)25(36)38-26(2,3)4/h10-13H,6-9,14H2,1-5H3,(H,31,32,33). The number of carbonyl (C=O) groups excluding carboxylic acids is 1. The number of amides is 1. The highest BCUT2D eigenvalue weighted by Crippen LogP contribution is 2.54.